The van der Waals surface area contributed by atoms with Crippen LogP contribution in [0.4, 0.5) is 31.9 Å². The van der Waals surface area contributed by atoms with Crippen LogP contribution in [0, 0.1) is 24.0 Å². The van der Waals surface area contributed by atoms with Crippen molar-refractivity contribution in [1.29, 1.82) is 0 Å². The van der Waals surface area contributed by atoms with Crippen molar-refractivity contribution in [3.8, 4) is 18.1 Å². The molecule has 0 unspecified atom stereocenters. The van der Waals surface area contributed by atoms with Crippen molar-refractivity contribution in [2.45, 2.75) is 19.5 Å². The Bertz CT molecular complexity index is 1160. The Kier molecular flexibility index (Phi) is 5.12. The Balaban J connectivity index is 1.73. The van der Waals surface area contributed by atoms with E-state index < -0.39 is 23.4 Å². The van der Waals surface area contributed by atoms with E-state index in [9.17, 15) is 18.7 Å². The zero-order valence-electron chi connectivity index (χ0n) is 16.2. The molecule has 11 heteroatoms. The third-order valence-electron chi connectivity index (χ3n) is 4.74. The van der Waals surface area contributed by atoms with Crippen molar-refractivity contribution in [3.05, 3.63) is 48.0 Å². The maximum absolute atomic E-state index is 13.6. The van der Waals surface area contributed by atoms with Crippen LogP contribution in [0.1, 0.15) is 12.7 Å². The summed E-state index contributed by atoms with van der Waals surface area (Å²) < 4.78 is 32.4. The first kappa shape index (κ1) is 20.1. The van der Waals surface area contributed by atoms with Gasteiger partial charge >= 0.3 is 0 Å². The fraction of sp³-hybridized carbons (Fsp3) is 0.200. The van der Waals surface area contributed by atoms with Crippen LogP contribution in [0.2, 0.25) is 0 Å². The fourth-order valence-electron chi connectivity index (χ4n) is 3.21. The third-order valence-corrected chi connectivity index (χ3v) is 4.74. The van der Waals surface area contributed by atoms with Crippen LogP contribution < -0.4 is 15.1 Å². The number of aromatic hydroxyl groups is 1. The molecule has 3 aromatic rings. The second kappa shape index (κ2) is 7.91. The van der Waals surface area contributed by atoms with Gasteiger partial charge in [0, 0.05) is 23.9 Å². The zero-order valence-corrected chi connectivity index (χ0v) is 16.2. The van der Waals surface area contributed by atoms with Gasteiger partial charge < -0.3 is 19.8 Å². The molecule has 1 aromatic carbocycles. The van der Waals surface area contributed by atoms with Crippen molar-refractivity contribution < 1.29 is 23.2 Å². The molecular weight excluding hydrogens is 410 g/mol. The summed E-state index contributed by atoms with van der Waals surface area (Å²) in [4.78, 5) is 24.6. The highest BCUT2D eigenvalue weighted by Crippen LogP contribution is 2.36. The predicted molar refractivity (Wildman–Crippen MR) is 107 cm³/mol. The van der Waals surface area contributed by atoms with Crippen LogP contribution >= 0.6 is 0 Å². The number of hydrogen-bond donors (Lipinski definition) is 2. The van der Waals surface area contributed by atoms with Gasteiger partial charge in [-0.15, -0.1) is 6.42 Å². The van der Waals surface area contributed by atoms with Gasteiger partial charge in [-0.1, -0.05) is 11.1 Å². The second-order valence-electron chi connectivity index (χ2n) is 6.73. The van der Waals surface area contributed by atoms with E-state index in [0.29, 0.717) is 17.3 Å². The highest BCUT2D eigenvalue weighted by atomic mass is 19.1. The van der Waals surface area contributed by atoms with Gasteiger partial charge in [0.1, 0.15) is 11.7 Å². The van der Waals surface area contributed by atoms with Crippen molar-refractivity contribution in [3.63, 3.8) is 0 Å². The van der Waals surface area contributed by atoms with Crippen LogP contribution in [-0.4, -0.2) is 38.7 Å². The quantitative estimate of drug-likeness (QED) is 0.474. The molecule has 0 saturated heterocycles. The maximum atomic E-state index is 13.6. The number of phenols is 1. The minimum absolute atomic E-state index is 0.00491. The number of phenolic OH excluding ortho intramolecular Hbond substituents is 1. The van der Waals surface area contributed by atoms with E-state index in [4.69, 9.17) is 10.9 Å². The van der Waals surface area contributed by atoms with Gasteiger partial charge in [0.15, 0.2) is 29.0 Å². The summed E-state index contributed by atoms with van der Waals surface area (Å²) in [6.45, 7) is 1.91. The number of fused-ring (bicyclic) bond motifs is 1. The van der Waals surface area contributed by atoms with Gasteiger partial charge in [-0.25, -0.2) is 13.8 Å². The SMILES string of the molecule is C#CCN1c2nc(Nc3cc(F)c(O)c(F)c3)ncc2N(Cc2ccno2)C(=O)[C@H]1C. The van der Waals surface area contributed by atoms with Crippen LogP contribution in [-0.2, 0) is 11.3 Å². The lowest BCUT2D eigenvalue weighted by Gasteiger charge is -2.39. The molecular formula is C20H16F2N6O3. The molecule has 0 radical (unpaired) electrons. The monoisotopic (exact) mass is 426 g/mol. The van der Waals surface area contributed by atoms with Crippen LogP contribution in [0.5, 0.6) is 5.75 Å². The van der Waals surface area contributed by atoms with Gasteiger partial charge in [-0.2, -0.15) is 4.98 Å². The zero-order chi connectivity index (χ0) is 22.1. The lowest BCUT2D eigenvalue weighted by atomic mass is 10.1. The summed E-state index contributed by atoms with van der Waals surface area (Å²) in [5.74, 6) is -0.224. The van der Waals surface area contributed by atoms with Crippen LogP contribution in [0.3, 0.4) is 0 Å². The highest BCUT2D eigenvalue weighted by Gasteiger charge is 2.37. The first-order chi connectivity index (χ1) is 14.9. The van der Waals surface area contributed by atoms with E-state index in [1.165, 1.54) is 17.3 Å². The average Bonchev–Trinajstić information content (AvgIpc) is 3.26. The second-order valence-corrected chi connectivity index (χ2v) is 6.73. The first-order valence-corrected chi connectivity index (χ1v) is 9.12. The molecule has 3 heterocycles. The predicted octanol–water partition coefficient (Wildman–Crippen LogP) is 2.57. The molecule has 1 aliphatic heterocycles. The van der Waals surface area contributed by atoms with Crippen molar-refractivity contribution in [2.75, 3.05) is 21.7 Å². The number of benzene rings is 1. The summed E-state index contributed by atoms with van der Waals surface area (Å²) in [5, 5.41) is 15.6. The number of carbonyl (C=O) groups is 1. The number of halogens is 2. The molecule has 2 aromatic heterocycles. The van der Waals surface area contributed by atoms with Gasteiger partial charge in [0.05, 0.1) is 25.5 Å². The Labute approximate surface area is 175 Å². The Morgan fingerprint density at radius 3 is 2.74 bits per heavy atom. The van der Waals surface area contributed by atoms with Gasteiger partial charge in [-0.05, 0) is 6.92 Å². The summed E-state index contributed by atoms with van der Waals surface area (Å²) in [5.41, 5.74) is 0.387. The molecule has 0 saturated carbocycles. The summed E-state index contributed by atoms with van der Waals surface area (Å²) in [6, 6.07) is 2.82. The lowest BCUT2D eigenvalue weighted by Crippen LogP contribution is -2.52. The molecule has 31 heavy (non-hydrogen) atoms. The fourth-order valence-corrected chi connectivity index (χ4v) is 3.21. The normalized spacial score (nSPS) is 15.5. The topological polar surface area (TPSA) is 108 Å². The van der Waals surface area contributed by atoms with Crippen molar-refractivity contribution in [1.82, 2.24) is 15.1 Å². The number of nitrogens with one attached hydrogen (secondary N) is 1. The number of nitrogens with zero attached hydrogens (tertiary/aromatic N) is 5. The number of carbonyl (C=O) groups excluding carboxylic acids is 1. The lowest BCUT2D eigenvalue weighted by molar-refractivity contribution is -0.120. The number of anilines is 4. The van der Waals surface area contributed by atoms with E-state index >= 15 is 0 Å². The van der Waals surface area contributed by atoms with Gasteiger partial charge in [0.2, 0.25) is 11.9 Å². The van der Waals surface area contributed by atoms with Crippen molar-refractivity contribution >= 4 is 29.0 Å². The minimum atomic E-state index is -1.13. The number of amides is 1. The Hall–Kier alpha value is -4.20. The third kappa shape index (κ3) is 3.71. The first-order valence-electron chi connectivity index (χ1n) is 9.12. The molecule has 158 valence electrons. The van der Waals surface area contributed by atoms with E-state index in [1.54, 1.807) is 17.9 Å². The molecule has 9 nitrogen and oxygen atoms in total. The largest absolute Gasteiger partial charge is 0.503 e. The van der Waals surface area contributed by atoms with E-state index in [2.05, 4.69) is 26.4 Å². The molecule has 0 fully saturated rings. The Morgan fingerprint density at radius 2 is 2.10 bits per heavy atom. The molecule has 0 bridgehead atoms. The van der Waals surface area contributed by atoms with Crippen LogP contribution in [0.15, 0.2) is 35.1 Å². The highest BCUT2D eigenvalue weighted by molar-refractivity contribution is 6.04. The van der Waals surface area contributed by atoms with Gasteiger partial charge in [-0.3, -0.25) is 9.69 Å². The molecule has 0 spiro atoms. The molecule has 1 amide bonds. The summed E-state index contributed by atoms with van der Waals surface area (Å²) in [7, 11) is 0. The number of rotatable bonds is 5. The number of aromatic nitrogens is 3. The molecule has 2 N–H and O–H groups in total. The van der Waals surface area contributed by atoms with Crippen molar-refractivity contribution in [2.24, 2.45) is 0 Å². The molecule has 1 atom stereocenters. The van der Waals surface area contributed by atoms with E-state index in [0.717, 1.165) is 12.1 Å². The number of hydrogen-bond acceptors (Lipinski definition) is 8. The van der Waals surface area contributed by atoms with Crippen LogP contribution in [0.25, 0.3) is 0 Å². The van der Waals surface area contributed by atoms with E-state index in [-0.39, 0.29) is 30.6 Å². The molecule has 1 aliphatic rings. The standard InChI is InChI=1S/C20H16F2N6O3/c1-3-6-27-11(2)19(30)28(10-13-4-5-24-31-13)16-9-23-20(26-18(16)27)25-12-7-14(21)17(29)15(22)8-12/h1,4-5,7-9,11,29H,6,10H2,2H3,(H,23,25,26)/t11-/m1/s1. The number of terminal acetylenes is 1. The summed E-state index contributed by atoms with van der Waals surface area (Å²) in [6.07, 6.45) is 8.35. The molecule has 0 aliphatic carbocycles. The summed E-state index contributed by atoms with van der Waals surface area (Å²) >= 11 is 0. The maximum Gasteiger partial charge on any atom is 0.250 e. The minimum Gasteiger partial charge on any atom is -0.503 e. The smallest absolute Gasteiger partial charge is 0.250 e. The van der Waals surface area contributed by atoms with Gasteiger partial charge in [0.25, 0.3) is 0 Å². The van der Waals surface area contributed by atoms with E-state index in [1.807, 2.05) is 0 Å². The Morgan fingerprint density at radius 1 is 1.35 bits per heavy atom. The average molecular weight is 426 g/mol. The molecule has 4 rings (SSSR count).